The van der Waals surface area contributed by atoms with Gasteiger partial charge in [-0.2, -0.15) is 0 Å². The number of rotatable bonds is 11. The Kier molecular flexibility index (Phi) is 7.93. The molecular formula is C23H28N2O7S. The zero-order valence-electron chi connectivity index (χ0n) is 18.8. The molecule has 1 unspecified atom stereocenters. The second-order valence-corrected chi connectivity index (χ2v) is 9.51. The van der Waals surface area contributed by atoms with Crippen LogP contribution in [-0.2, 0) is 19.6 Å². The van der Waals surface area contributed by atoms with E-state index in [-0.39, 0.29) is 16.9 Å². The molecule has 0 bridgehead atoms. The normalized spacial score (nSPS) is 14.3. The van der Waals surface area contributed by atoms with Gasteiger partial charge < -0.3 is 19.5 Å². The molecule has 33 heavy (non-hydrogen) atoms. The van der Waals surface area contributed by atoms with Crippen LogP contribution < -0.4 is 19.5 Å². The number of methoxy groups -OCH3 is 3. The Morgan fingerprint density at radius 3 is 2.39 bits per heavy atom. The fraction of sp³-hybridized carbons (Fsp3) is 0.391. The Hall–Kier alpha value is -3.11. The van der Waals surface area contributed by atoms with Crippen LogP contribution in [-0.4, -0.2) is 48.2 Å². The summed E-state index contributed by atoms with van der Waals surface area (Å²) in [6, 6.07) is 10.1. The smallest absolute Gasteiger partial charge is 0.307 e. The highest BCUT2D eigenvalue weighted by Gasteiger charge is 2.25. The van der Waals surface area contributed by atoms with Gasteiger partial charge in [0.1, 0.15) is 0 Å². The summed E-state index contributed by atoms with van der Waals surface area (Å²) in [5.41, 5.74) is 0.751. The summed E-state index contributed by atoms with van der Waals surface area (Å²) in [5.74, 6) is 0.274. The van der Waals surface area contributed by atoms with Crippen molar-refractivity contribution in [2.75, 3.05) is 27.9 Å². The number of carbonyl (C=O) groups is 2. The Bertz CT molecular complexity index is 1110. The van der Waals surface area contributed by atoms with Gasteiger partial charge in [0, 0.05) is 12.1 Å². The first-order valence-electron chi connectivity index (χ1n) is 10.5. The van der Waals surface area contributed by atoms with Gasteiger partial charge in [-0.3, -0.25) is 9.59 Å². The first kappa shape index (κ1) is 24.5. The Balaban J connectivity index is 1.83. The van der Waals surface area contributed by atoms with E-state index in [0.29, 0.717) is 29.5 Å². The predicted molar refractivity (Wildman–Crippen MR) is 121 cm³/mol. The van der Waals surface area contributed by atoms with Crippen molar-refractivity contribution in [3.05, 3.63) is 53.6 Å². The van der Waals surface area contributed by atoms with Crippen molar-refractivity contribution in [1.29, 1.82) is 0 Å². The van der Waals surface area contributed by atoms with Crippen LogP contribution in [0, 0.1) is 5.92 Å². The zero-order chi connectivity index (χ0) is 24.0. The minimum Gasteiger partial charge on any atom is -0.493 e. The van der Waals surface area contributed by atoms with Crippen LogP contribution in [0.2, 0.25) is 0 Å². The monoisotopic (exact) mass is 476 g/mol. The molecule has 0 aliphatic heterocycles. The lowest BCUT2D eigenvalue weighted by Gasteiger charge is -2.20. The maximum atomic E-state index is 13.0. The van der Waals surface area contributed by atoms with Crippen LogP contribution >= 0.6 is 0 Å². The highest BCUT2D eigenvalue weighted by molar-refractivity contribution is 7.89. The predicted octanol–water partition coefficient (Wildman–Crippen LogP) is 2.43. The van der Waals surface area contributed by atoms with E-state index in [1.54, 1.807) is 18.2 Å². The van der Waals surface area contributed by atoms with Gasteiger partial charge in [-0.05, 0) is 54.7 Å². The minimum absolute atomic E-state index is 0.00596. The van der Waals surface area contributed by atoms with Gasteiger partial charge in [-0.1, -0.05) is 12.1 Å². The summed E-state index contributed by atoms with van der Waals surface area (Å²) in [7, 11) is 0.527. The molecule has 1 fully saturated rings. The topological polar surface area (TPSA) is 120 Å². The summed E-state index contributed by atoms with van der Waals surface area (Å²) in [6.07, 6.45) is 1.91. The number of ether oxygens (including phenoxy) is 3. The van der Waals surface area contributed by atoms with Gasteiger partial charge in [-0.15, -0.1) is 0 Å². The molecule has 10 heteroatoms. The molecule has 0 aromatic heterocycles. The van der Waals surface area contributed by atoms with E-state index in [9.17, 15) is 18.0 Å². The maximum Gasteiger partial charge on any atom is 0.307 e. The van der Waals surface area contributed by atoms with Crippen molar-refractivity contribution in [1.82, 2.24) is 10.0 Å². The van der Waals surface area contributed by atoms with Gasteiger partial charge >= 0.3 is 5.97 Å². The number of hydrogen-bond acceptors (Lipinski definition) is 7. The van der Waals surface area contributed by atoms with E-state index in [4.69, 9.17) is 14.2 Å². The summed E-state index contributed by atoms with van der Waals surface area (Å²) in [5, 5.41) is 2.79. The largest absolute Gasteiger partial charge is 0.493 e. The van der Waals surface area contributed by atoms with Gasteiger partial charge in [-0.25, -0.2) is 13.1 Å². The second-order valence-electron chi connectivity index (χ2n) is 7.74. The molecule has 0 radical (unpaired) electrons. The van der Waals surface area contributed by atoms with Crippen LogP contribution in [0.15, 0.2) is 47.4 Å². The van der Waals surface area contributed by atoms with Crippen molar-refractivity contribution >= 4 is 21.9 Å². The second kappa shape index (κ2) is 10.7. The van der Waals surface area contributed by atoms with E-state index in [2.05, 4.69) is 10.0 Å². The molecule has 2 N–H and O–H groups in total. The number of esters is 1. The lowest BCUT2D eigenvalue weighted by Crippen LogP contribution is -2.31. The first-order chi connectivity index (χ1) is 15.8. The van der Waals surface area contributed by atoms with Crippen molar-refractivity contribution in [3.8, 4) is 11.5 Å². The van der Waals surface area contributed by atoms with Crippen molar-refractivity contribution in [2.45, 2.75) is 30.2 Å². The molecule has 2 aromatic rings. The molecule has 0 heterocycles. The molecule has 3 rings (SSSR count). The van der Waals surface area contributed by atoms with Crippen LogP contribution in [0.25, 0.3) is 0 Å². The molecular weight excluding hydrogens is 448 g/mol. The number of benzene rings is 2. The summed E-state index contributed by atoms with van der Waals surface area (Å²) < 4.78 is 43.0. The molecule has 2 aromatic carbocycles. The van der Waals surface area contributed by atoms with E-state index < -0.39 is 27.9 Å². The maximum absolute atomic E-state index is 13.0. The fourth-order valence-electron chi connectivity index (χ4n) is 3.25. The number of nitrogens with one attached hydrogen (secondary N) is 2. The SMILES string of the molecule is COC(=O)CC(NC(=O)c1cccc(S(=O)(=O)NCC2CC2)c1)c1ccc(OC)c(OC)c1. The lowest BCUT2D eigenvalue weighted by molar-refractivity contribution is -0.141. The third-order valence-corrected chi connectivity index (χ3v) is 6.80. The molecule has 1 aliphatic carbocycles. The van der Waals surface area contributed by atoms with Gasteiger partial charge in [0.25, 0.3) is 5.91 Å². The quantitative estimate of drug-likeness (QED) is 0.478. The standard InChI is InChI=1S/C23H28N2O7S/c1-30-20-10-9-16(12-21(20)31-2)19(13-22(26)32-3)25-23(27)17-5-4-6-18(11-17)33(28,29)24-14-15-7-8-15/h4-6,9-12,15,19,24H,7-8,13-14H2,1-3H3,(H,25,27). The van der Waals surface area contributed by atoms with Crippen LogP contribution in [0.5, 0.6) is 11.5 Å². The van der Waals surface area contributed by atoms with Crippen LogP contribution in [0.1, 0.15) is 41.2 Å². The summed E-state index contributed by atoms with van der Waals surface area (Å²) >= 11 is 0. The molecule has 1 amide bonds. The lowest BCUT2D eigenvalue weighted by atomic mass is 10.0. The van der Waals surface area contributed by atoms with Crippen molar-refractivity contribution < 1.29 is 32.2 Å². The minimum atomic E-state index is -3.73. The highest BCUT2D eigenvalue weighted by atomic mass is 32.2. The molecule has 0 saturated heterocycles. The van der Waals surface area contributed by atoms with Gasteiger partial charge in [0.15, 0.2) is 11.5 Å². The Morgan fingerprint density at radius 2 is 1.76 bits per heavy atom. The summed E-state index contributed by atoms with van der Waals surface area (Å²) in [6.45, 7) is 0.388. The molecule has 0 spiro atoms. The van der Waals surface area contributed by atoms with Crippen molar-refractivity contribution in [2.24, 2.45) is 5.92 Å². The number of sulfonamides is 1. The van der Waals surface area contributed by atoms with Gasteiger partial charge in [0.05, 0.1) is 38.7 Å². The molecule has 1 atom stereocenters. The number of carbonyl (C=O) groups excluding carboxylic acids is 2. The molecule has 1 aliphatic rings. The zero-order valence-corrected chi connectivity index (χ0v) is 19.6. The van der Waals surface area contributed by atoms with Crippen LogP contribution in [0.3, 0.4) is 0 Å². The van der Waals surface area contributed by atoms with E-state index in [1.807, 2.05) is 0 Å². The molecule has 9 nitrogen and oxygen atoms in total. The van der Waals surface area contributed by atoms with E-state index in [1.165, 1.54) is 45.6 Å². The average molecular weight is 477 g/mol. The average Bonchev–Trinajstić information content (AvgIpc) is 3.66. The summed E-state index contributed by atoms with van der Waals surface area (Å²) in [4.78, 5) is 25.0. The van der Waals surface area contributed by atoms with E-state index >= 15 is 0 Å². The first-order valence-corrected chi connectivity index (χ1v) is 11.9. The van der Waals surface area contributed by atoms with Gasteiger partial charge in [0.2, 0.25) is 10.0 Å². The highest BCUT2D eigenvalue weighted by Crippen LogP contribution is 2.31. The third-order valence-electron chi connectivity index (χ3n) is 5.38. The van der Waals surface area contributed by atoms with E-state index in [0.717, 1.165) is 12.8 Å². The molecule has 178 valence electrons. The fourth-order valence-corrected chi connectivity index (χ4v) is 4.41. The number of hydrogen-bond donors (Lipinski definition) is 2. The van der Waals surface area contributed by atoms with Crippen molar-refractivity contribution in [3.63, 3.8) is 0 Å². The number of amides is 1. The Labute approximate surface area is 193 Å². The Morgan fingerprint density at radius 1 is 1.03 bits per heavy atom. The molecule has 1 saturated carbocycles. The van der Waals surface area contributed by atoms with Crippen LogP contribution in [0.4, 0.5) is 0 Å². The third kappa shape index (κ3) is 6.45.